The maximum atomic E-state index is 12.5. The number of amides is 1. The number of nitrogens with zero attached hydrogens (tertiary/aromatic N) is 3. The van der Waals surface area contributed by atoms with Crippen molar-refractivity contribution in [3.63, 3.8) is 0 Å². The second-order valence-electron chi connectivity index (χ2n) is 6.48. The van der Waals surface area contributed by atoms with Gasteiger partial charge in [0.2, 0.25) is 5.91 Å². The highest BCUT2D eigenvalue weighted by Crippen LogP contribution is 2.46. The summed E-state index contributed by atoms with van der Waals surface area (Å²) in [4.78, 5) is 12.5. The second-order valence-corrected chi connectivity index (χ2v) is 8.70. The lowest BCUT2D eigenvalue weighted by Crippen LogP contribution is -2.23. The van der Waals surface area contributed by atoms with Crippen LogP contribution in [0.1, 0.15) is 50.4 Å². The van der Waals surface area contributed by atoms with Crippen molar-refractivity contribution in [3.8, 4) is 0 Å². The van der Waals surface area contributed by atoms with Crippen LogP contribution in [0.4, 0.5) is 5.69 Å². The van der Waals surface area contributed by atoms with Crippen LogP contribution >= 0.6 is 27.7 Å². The maximum absolute atomic E-state index is 12.5. The van der Waals surface area contributed by atoms with E-state index in [0.29, 0.717) is 12.0 Å². The van der Waals surface area contributed by atoms with Gasteiger partial charge >= 0.3 is 0 Å². The van der Waals surface area contributed by atoms with Crippen LogP contribution in [0.5, 0.6) is 0 Å². The van der Waals surface area contributed by atoms with Gasteiger partial charge in [-0.3, -0.25) is 4.79 Å². The molecule has 2 fully saturated rings. The number of carbonyl (C=O) groups excluding carboxylic acids is 1. The monoisotopic (exact) mass is 406 g/mol. The molecule has 0 bridgehead atoms. The van der Waals surface area contributed by atoms with Crippen molar-refractivity contribution in [2.24, 2.45) is 0 Å². The molecule has 0 spiro atoms. The quantitative estimate of drug-likeness (QED) is 0.723. The van der Waals surface area contributed by atoms with Gasteiger partial charge in [-0.05, 0) is 50.8 Å². The molecule has 0 aliphatic heterocycles. The molecule has 1 atom stereocenters. The molecular formula is C17H19BrN4OS. The molecule has 0 saturated heterocycles. The molecule has 0 unspecified atom stereocenters. The number of halogens is 1. The summed E-state index contributed by atoms with van der Waals surface area (Å²) in [7, 11) is 0. The summed E-state index contributed by atoms with van der Waals surface area (Å²) in [6.45, 7) is 1.92. The highest BCUT2D eigenvalue weighted by molar-refractivity contribution is 9.10. The summed E-state index contributed by atoms with van der Waals surface area (Å²) >= 11 is 4.92. The maximum Gasteiger partial charge on any atom is 0.237 e. The van der Waals surface area contributed by atoms with Gasteiger partial charge < -0.3 is 9.88 Å². The van der Waals surface area contributed by atoms with Gasteiger partial charge in [-0.2, -0.15) is 0 Å². The fourth-order valence-electron chi connectivity index (χ4n) is 2.69. The van der Waals surface area contributed by atoms with Crippen LogP contribution < -0.4 is 5.32 Å². The summed E-state index contributed by atoms with van der Waals surface area (Å²) in [5.41, 5.74) is 0.796. The molecule has 2 saturated carbocycles. The highest BCUT2D eigenvalue weighted by atomic mass is 79.9. The number of carbonyl (C=O) groups is 1. The van der Waals surface area contributed by atoms with Crippen molar-refractivity contribution in [1.29, 1.82) is 0 Å². The minimum absolute atomic E-state index is 0.0172. The van der Waals surface area contributed by atoms with Crippen molar-refractivity contribution in [2.45, 2.75) is 55.0 Å². The number of nitrogens with one attached hydrogen (secondary N) is 1. The summed E-state index contributed by atoms with van der Waals surface area (Å²) in [5.74, 6) is 1.69. The average Bonchev–Trinajstić information content (AvgIpc) is 3.46. The smallest absolute Gasteiger partial charge is 0.237 e. The molecule has 7 heteroatoms. The summed E-state index contributed by atoms with van der Waals surface area (Å²) in [6.07, 6.45) is 4.83. The van der Waals surface area contributed by atoms with E-state index in [0.717, 1.165) is 21.1 Å². The first-order chi connectivity index (χ1) is 11.6. The van der Waals surface area contributed by atoms with Gasteiger partial charge in [0.15, 0.2) is 5.16 Å². The lowest BCUT2D eigenvalue weighted by molar-refractivity contribution is -0.115. The molecule has 126 valence electrons. The topological polar surface area (TPSA) is 59.8 Å². The summed E-state index contributed by atoms with van der Waals surface area (Å²) in [5, 5.41) is 12.4. The van der Waals surface area contributed by atoms with Crippen LogP contribution in [-0.4, -0.2) is 25.9 Å². The van der Waals surface area contributed by atoms with Crippen molar-refractivity contribution < 1.29 is 4.79 Å². The number of anilines is 1. The van der Waals surface area contributed by atoms with Crippen molar-refractivity contribution in [1.82, 2.24) is 14.8 Å². The summed E-state index contributed by atoms with van der Waals surface area (Å²) < 4.78 is 3.23. The first kappa shape index (κ1) is 16.1. The zero-order valence-corrected chi connectivity index (χ0v) is 15.8. The predicted molar refractivity (Wildman–Crippen MR) is 98.4 cm³/mol. The largest absolute Gasteiger partial charge is 0.325 e. The Kier molecular flexibility index (Phi) is 4.39. The van der Waals surface area contributed by atoms with E-state index in [4.69, 9.17) is 0 Å². The van der Waals surface area contributed by atoms with E-state index in [1.165, 1.54) is 37.4 Å². The van der Waals surface area contributed by atoms with Gasteiger partial charge in [-0.25, -0.2) is 0 Å². The average molecular weight is 407 g/mol. The Morgan fingerprint density at radius 3 is 2.79 bits per heavy atom. The van der Waals surface area contributed by atoms with Crippen molar-refractivity contribution >= 4 is 39.3 Å². The number of thioether (sulfide) groups is 1. The molecular weight excluding hydrogens is 388 g/mol. The first-order valence-electron chi connectivity index (χ1n) is 8.29. The fourth-order valence-corrected chi connectivity index (χ4v) is 4.01. The Balaban J connectivity index is 1.46. The fraction of sp³-hybridized carbons (Fsp3) is 0.471. The molecule has 1 heterocycles. The van der Waals surface area contributed by atoms with Gasteiger partial charge in [0, 0.05) is 22.1 Å². The van der Waals surface area contributed by atoms with Gasteiger partial charge in [-0.15, -0.1) is 10.2 Å². The molecule has 1 aromatic heterocycles. The lowest BCUT2D eigenvalue weighted by atomic mass is 10.3. The van der Waals surface area contributed by atoms with Gasteiger partial charge in [0.1, 0.15) is 5.82 Å². The van der Waals surface area contributed by atoms with Crippen molar-refractivity contribution in [2.75, 3.05) is 5.32 Å². The van der Waals surface area contributed by atoms with Crippen LogP contribution in [0.25, 0.3) is 0 Å². The Labute approximate surface area is 153 Å². The second kappa shape index (κ2) is 6.52. The SMILES string of the molecule is C[C@@H](Sc1nnc(C2CC2)n1C1CC1)C(=O)Nc1cccc(Br)c1. The molecule has 0 radical (unpaired) electrons. The zero-order valence-electron chi connectivity index (χ0n) is 13.4. The molecule has 2 aliphatic carbocycles. The molecule has 4 rings (SSSR count). The Morgan fingerprint density at radius 1 is 1.33 bits per heavy atom. The standard InChI is InChI=1S/C17H19BrN4OS/c1-10(16(23)19-13-4-2-3-12(18)9-13)24-17-21-20-15(11-5-6-11)22(17)14-7-8-14/h2-4,9-11,14H,5-8H2,1H3,(H,19,23)/t10-/m1/s1. The molecule has 24 heavy (non-hydrogen) atoms. The third kappa shape index (κ3) is 3.52. The van der Waals surface area contributed by atoms with Crippen molar-refractivity contribution in [3.05, 3.63) is 34.6 Å². The third-order valence-corrected chi connectivity index (χ3v) is 5.84. The van der Waals surface area contributed by atoms with Crippen LogP contribution in [0.3, 0.4) is 0 Å². The molecule has 1 aromatic carbocycles. The third-order valence-electron chi connectivity index (χ3n) is 4.29. The van der Waals surface area contributed by atoms with E-state index < -0.39 is 0 Å². The van der Waals surface area contributed by atoms with Gasteiger partial charge in [-0.1, -0.05) is 33.8 Å². The Hall–Kier alpha value is -1.34. The molecule has 5 nitrogen and oxygen atoms in total. The van der Waals surface area contributed by atoms with E-state index >= 15 is 0 Å². The minimum Gasteiger partial charge on any atom is -0.325 e. The molecule has 1 N–H and O–H groups in total. The number of benzene rings is 1. The van der Waals surface area contributed by atoms with Crippen LogP contribution in [0, 0.1) is 0 Å². The van der Waals surface area contributed by atoms with Crippen LogP contribution in [0.2, 0.25) is 0 Å². The lowest BCUT2D eigenvalue weighted by Gasteiger charge is -2.13. The van der Waals surface area contributed by atoms with Crippen LogP contribution in [-0.2, 0) is 4.79 Å². The highest BCUT2D eigenvalue weighted by Gasteiger charge is 2.37. The van der Waals surface area contributed by atoms with Crippen LogP contribution in [0.15, 0.2) is 33.9 Å². The number of hydrogen-bond acceptors (Lipinski definition) is 4. The Morgan fingerprint density at radius 2 is 2.12 bits per heavy atom. The molecule has 2 aromatic rings. The predicted octanol–water partition coefficient (Wildman–Crippen LogP) is 4.37. The van der Waals surface area contributed by atoms with E-state index in [1.807, 2.05) is 31.2 Å². The number of aromatic nitrogens is 3. The normalized spacial score (nSPS) is 18.4. The zero-order chi connectivity index (χ0) is 16.7. The summed E-state index contributed by atoms with van der Waals surface area (Å²) in [6, 6.07) is 8.16. The molecule has 2 aliphatic rings. The first-order valence-corrected chi connectivity index (χ1v) is 9.97. The van der Waals surface area contributed by atoms with Gasteiger partial charge in [0.05, 0.1) is 5.25 Å². The number of rotatable bonds is 6. The van der Waals surface area contributed by atoms with E-state index in [-0.39, 0.29) is 11.2 Å². The van der Waals surface area contributed by atoms with E-state index in [2.05, 4.69) is 36.0 Å². The van der Waals surface area contributed by atoms with E-state index in [1.54, 1.807) is 0 Å². The Bertz CT molecular complexity index is 770. The molecule has 1 amide bonds. The number of hydrogen-bond donors (Lipinski definition) is 1. The van der Waals surface area contributed by atoms with E-state index in [9.17, 15) is 4.79 Å². The van der Waals surface area contributed by atoms with Gasteiger partial charge in [0.25, 0.3) is 0 Å². The minimum atomic E-state index is -0.224.